The van der Waals surface area contributed by atoms with Crippen molar-refractivity contribution in [1.29, 1.82) is 0 Å². The first-order valence-electron chi connectivity index (χ1n) is 5.02. The van der Waals surface area contributed by atoms with Crippen molar-refractivity contribution >= 4 is 29.1 Å². The number of halogens is 2. The van der Waals surface area contributed by atoms with Gasteiger partial charge in [-0.2, -0.15) is 19.6 Å². The van der Waals surface area contributed by atoms with Crippen molar-refractivity contribution in [3.63, 3.8) is 0 Å². The molecule has 0 N–H and O–H groups in total. The summed E-state index contributed by atoms with van der Waals surface area (Å²) in [4.78, 5) is 8.90. The van der Waals surface area contributed by atoms with Gasteiger partial charge >= 0.3 is 0 Å². The summed E-state index contributed by atoms with van der Waals surface area (Å²) in [7, 11) is 0. The van der Waals surface area contributed by atoms with Gasteiger partial charge in [-0.15, -0.1) is 0 Å². The van der Waals surface area contributed by atoms with E-state index in [-0.39, 0.29) is 5.82 Å². The average molecular weight is 281 g/mol. The summed E-state index contributed by atoms with van der Waals surface area (Å²) in [5.41, 5.74) is 0. The molecule has 2 aromatic heterocycles. The highest BCUT2D eigenvalue weighted by atomic mass is 35.5. The summed E-state index contributed by atoms with van der Waals surface area (Å²) in [5.74, 6) is 0.171. The summed E-state index contributed by atoms with van der Waals surface area (Å²) < 4.78 is 14.4. The van der Waals surface area contributed by atoms with E-state index in [1.165, 1.54) is 30.2 Å². The predicted octanol–water partition coefficient (Wildman–Crippen LogP) is 3.07. The highest BCUT2D eigenvalue weighted by molar-refractivity contribution is 7.99. The monoisotopic (exact) mass is 280 g/mol. The van der Waals surface area contributed by atoms with Crippen molar-refractivity contribution in [3.05, 3.63) is 47.6 Å². The molecule has 0 spiro atoms. The quantitative estimate of drug-likeness (QED) is 0.677. The third-order valence-electron chi connectivity index (χ3n) is 2.22. The van der Waals surface area contributed by atoms with Gasteiger partial charge < -0.3 is 0 Å². The van der Waals surface area contributed by atoms with E-state index in [1.807, 2.05) is 0 Å². The Hall–Kier alpha value is -1.66. The van der Waals surface area contributed by atoms with Crippen LogP contribution in [0.2, 0.25) is 5.15 Å². The van der Waals surface area contributed by atoms with E-state index in [1.54, 1.807) is 22.7 Å². The maximum Gasteiger partial charge on any atom is 0.254 e. The van der Waals surface area contributed by atoms with Crippen molar-refractivity contribution in [3.8, 4) is 0 Å². The second kappa shape index (κ2) is 4.55. The Balaban J connectivity index is 2.03. The lowest BCUT2D eigenvalue weighted by molar-refractivity contribution is 0.626. The number of benzene rings is 1. The lowest BCUT2D eigenvalue weighted by Gasteiger charge is -2.04. The number of aromatic nitrogens is 4. The number of fused-ring (bicyclic) bond motifs is 1. The minimum Gasteiger partial charge on any atom is -0.207 e. The zero-order chi connectivity index (χ0) is 12.5. The van der Waals surface area contributed by atoms with Gasteiger partial charge in [0.15, 0.2) is 0 Å². The number of nitrogens with zero attached hydrogens (tertiary/aromatic N) is 4. The lowest BCUT2D eigenvalue weighted by Crippen LogP contribution is -1.95. The normalized spacial score (nSPS) is 11.0. The minimum absolute atomic E-state index is 0.266. The third-order valence-corrected chi connectivity index (χ3v) is 3.43. The predicted molar refractivity (Wildman–Crippen MR) is 66.3 cm³/mol. The second-order valence-electron chi connectivity index (χ2n) is 3.44. The molecule has 0 aliphatic carbocycles. The number of rotatable bonds is 2. The SMILES string of the molecule is Fc1ccc(Sc2cc(Cl)nc3ncnn23)cc1. The van der Waals surface area contributed by atoms with Gasteiger partial charge in [0.25, 0.3) is 5.78 Å². The van der Waals surface area contributed by atoms with E-state index in [2.05, 4.69) is 15.1 Å². The van der Waals surface area contributed by atoms with Gasteiger partial charge in [-0.05, 0) is 24.3 Å². The molecular formula is C11H6ClFN4S. The molecule has 0 unspecified atom stereocenters. The molecule has 90 valence electrons. The van der Waals surface area contributed by atoms with E-state index in [0.717, 1.165) is 9.92 Å². The van der Waals surface area contributed by atoms with Crippen LogP contribution in [0.1, 0.15) is 0 Å². The van der Waals surface area contributed by atoms with E-state index in [9.17, 15) is 4.39 Å². The van der Waals surface area contributed by atoms with Crippen LogP contribution >= 0.6 is 23.4 Å². The highest BCUT2D eigenvalue weighted by Crippen LogP contribution is 2.28. The van der Waals surface area contributed by atoms with Crippen LogP contribution in [0, 0.1) is 5.82 Å². The molecule has 0 saturated heterocycles. The molecule has 2 heterocycles. The first-order valence-corrected chi connectivity index (χ1v) is 6.21. The summed E-state index contributed by atoms with van der Waals surface area (Å²) in [6.45, 7) is 0. The Labute approximate surface area is 111 Å². The van der Waals surface area contributed by atoms with Gasteiger partial charge in [-0.3, -0.25) is 0 Å². The molecule has 3 rings (SSSR count). The minimum atomic E-state index is -0.266. The van der Waals surface area contributed by atoms with Crippen LogP contribution in [-0.2, 0) is 0 Å². The molecule has 0 bridgehead atoms. The van der Waals surface area contributed by atoms with Crippen molar-refractivity contribution in [1.82, 2.24) is 19.6 Å². The van der Waals surface area contributed by atoms with Crippen LogP contribution in [0.25, 0.3) is 5.78 Å². The molecule has 0 amide bonds. The fraction of sp³-hybridized carbons (Fsp3) is 0. The zero-order valence-corrected chi connectivity index (χ0v) is 10.5. The summed E-state index contributed by atoms with van der Waals surface area (Å²) in [6, 6.07) is 7.89. The first kappa shape index (κ1) is 11.4. The first-order chi connectivity index (χ1) is 8.72. The van der Waals surface area contributed by atoms with Gasteiger partial charge in [0.05, 0.1) is 0 Å². The molecule has 0 aliphatic rings. The Morgan fingerprint density at radius 2 is 2.00 bits per heavy atom. The molecule has 3 aromatic rings. The largest absolute Gasteiger partial charge is 0.254 e. The van der Waals surface area contributed by atoms with Crippen LogP contribution in [-0.4, -0.2) is 19.6 Å². The molecule has 7 heteroatoms. The summed E-state index contributed by atoms with van der Waals surface area (Å²) in [5, 5.41) is 5.18. The number of hydrogen-bond acceptors (Lipinski definition) is 4. The van der Waals surface area contributed by atoms with Crippen LogP contribution in [0.4, 0.5) is 4.39 Å². The Morgan fingerprint density at radius 1 is 1.22 bits per heavy atom. The maximum absolute atomic E-state index is 12.8. The fourth-order valence-corrected chi connectivity index (χ4v) is 2.60. The molecule has 0 fully saturated rings. The molecule has 1 aromatic carbocycles. The van der Waals surface area contributed by atoms with E-state index < -0.39 is 0 Å². The molecule has 0 atom stereocenters. The van der Waals surface area contributed by atoms with E-state index >= 15 is 0 Å². The molecule has 0 aliphatic heterocycles. The van der Waals surface area contributed by atoms with Gasteiger partial charge in [0.1, 0.15) is 22.3 Å². The number of hydrogen-bond donors (Lipinski definition) is 0. The van der Waals surface area contributed by atoms with Crippen LogP contribution in [0.5, 0.6) is 0 Å². The Morgan fingerprint density at radius 3 is 2.78 bits per heavy atom. The van der Waals surface area contributed by atoms with Crippen LogP contribution in [0.15, 0.2) is 46.6 Å². The fourth-order valence-electron chi connectivity index (χ4n) is 1.45. The maximum atomic E-state index is 12.8. The van der Waals surface area contributed by atoms with Gasteiger partial charge in [0, 0.05) is 11.0 Å². The van der Waals surface area contributed by atoms with Crippen molar-refractivity contribution < 1.29 is 4.39 Å². The molecule has 18 heavy (non-hydrogen) atoms. The Bertz CT molecular complexity index is 698. The van der Waals surface area contributed by atoms with E-state index in [4.69, 9.17) is 11.6 Å². The average Bonchev–Trinajstić information content (AvgIpc) is 2.80. The lowest BCUT2D eigenvalue weighted by atomic mass is 10.4. The second-order valence-corrected chi connectivity index (χ2v) is 4.93. The van der Waals surface area contributed by atoms with Gasteiger partial charge in [0.2, 0.25) is 0 Å². The molecule has 0 saturated carbocycles. The van der Waals surface area contributed by atoms with Gasteiger partial charge in [-0.25, -0.2) is 4.39 Å². The van der Waals surface area contributed by atoms with Crippen molar-refractivity contribution in [2.75, 3.05) is 0 Å². The van der Waals surface area contributed by atoms with Crippen LogP contribution < -0.4 is 0 Å². The van der Waals surface area contributed by atoms with Gasteiger partial charge in [-0.1, -0.05) is 23.4 Å². The zero-order valence-electron chi connectivity index (χ0n) is 8.92. The smallest absolute Gasteiger partial charge is 0.207 e. The standard InChI is InChI=1S/C11H6ClFN4S/c12-9-5-10(17-11(16-9)14-6-15-17)18-8-3-1-7(13)2-4-8/h1-6H. The summed E-state index contributed by atoms with van der Waals surface area (Å²) in [6.07, 6.45) is 1.41. The van der Waals surface area contributed by atoms with Crippen LogP contribution in [0.3, 0.4) is 0 Å². The Kier molecular flexibility index (Phi) is 2.89. The highest BCUT2D eigenvalue weighted by Gasteiger charge is 2.08. The topological polar surface area (TPSA) is 43.1 Å². The molecule has 0 radical (unpaired) electrons. The van der Waals surface area contributed by atoms with Crippen molar-refractivity contribution in [2.45, 2.75) is 9.92 Å². The summed E-state index contributed by atoms with van der Waals surface area (Å²) >= 11 is 7.32. The molecular weight excluding hydrogens is 275 g/mol. The van der Waals surface area contributed by atoms with Crippen molar-refractivity contribution in [2.24, 2.45) is 0 Å². The third kappa shape index (κ3) is 2.16. The van der Waals surface area contributed by atoms with E-state index in [0.29, 0.717) is 10.9 Å². The molecule has 4 nitrogen and oxygen atoms in total.